The molecule has 2 nitrogen and oxygen atoms in total. The number of benzene rings is 2. The number of halogens is 2. The van der Waals surface area contributed by atoms with Crippen molar-refractivity contribution < 1.29 is 13.6 Å². The Morgan fingerprint density at radius 3 is 2.05 bits per heavy atom. The Bertz CT molecular complexity index is 682. The largest absolute Gasteiger partial charge is 0.335 e. The van der Waals surface area contributed by atoms with Crippen LogP contribution in [0.2, 0.25) is 0 Å². The molecule has 0 atom stereocenters. The molecule has 0 aromatic heterocycles. The lowest BCUT2D eigenvalue weighted by Crippen LogP contribution is -2.34. The lowest BCUT2D eigenvalue weighted by atomic mass is 10.1. The molecule has 0 spiro atoms. The predicted octanol–water partition coefficient (Wildman–Crippen LogP) is 3.70. The normalized spacial score (nSPS) is 13.9. The lowest BCUT2D eigenvalue weighted by Gasteiger charge is -2.23. The Hall–Kier alpha value is -2.23. The van der Waals surface area contributed by atoms with E-state index in [9.17, 15) is 13.6 Å². The van der Waals surface area contributed by atoms with E-state index < -0.39 is 0 Å². The Labute approximate surface area is 128 Å². The number of nitrogens with zero attached hydrogens (tertiary/aromatic N) is 1. The van der Waals surface area contributed by atoms with Crippen molar-refractivity contribution in [3.8, 4) is 0 Å². The number of hydrogen-bond donors (Lipinski definition) is 0. The Morgan fingerprint density at radius 1 is 0.955 bits per heavy atom. The summed E-state index contributed by atoms with van der Waals surface area (Å²) in [5.41, 5.74) is 0.878. The molecule has 1 fully saturated rings. The van der Waals surface area contributed by atoms with Gasteiger partial charge in [-0.05, 0) is 30.5 Å². The molecule has 0 aliphatic heterocycles. The highest BCUT2D eigenvalue weighted by molar-refractivity contribution is 5.79. The highest BCUT2D eigenvalue weighted by Gasteiger charge is 2.33. The minimum atomic E-state index is -0.377. The van der Waals surface area contributed by atoms with Gasteiger partial charge in [0.2, 0.25) is 5.91 Å². The quantitative estimate of drug-likeness (QED) is 0.824. The maximum atomic E-state index is 13.8. The molecule has 0 radical (unpaired) electrons. The first kappa shape index (κ1) is 14.7. The summed E-state index contributed by atoms with van der Waals surface area (Å²) in [4.78, 5) is 14.2. The summed E-state index contributed by atoms with van der Waals surface area (Å²) in [6.07, 6.45) is 1.87. The van der Waals surface area contributed by atoms with Crippen molar-refractivity contribution in [1.82, 2.24) is 4.90 Å². The summed E-state index contributed by atoms with van der Waals surface area (Å²) in [6.45, 7) is 0.241. The van der Waals surface area contributed by atoms with Gasteiger partial charge in [-0.3, -0.25) is 4.79 Å². The van der Waals surface area contributed by atoms with Crippen LogP contribution in [0.5, 0.6) is 0 Å². The van der Waals surface area contributed by atoms with Crippen LogP contribution in [-0.4, -0.2) is 16.8 Å². The summed E-state index contributed by atoms with van der Waals surface area (Å²) in [5.74, 6) is -0.847. The fourth-order valence-corrected chi connectivity index (χ4v) is 2.52. The van der Waals surface area contributed by atoms with Gasteiger partial charge in [0.25, 0.3) is 0 Å². The van der Waals surface area contributed by atoms with Gasteiger partial charge < -0.3 is 4.90 Å². The third kappa shape index (κ3) is 3.32. The smallest absolute Gasteiger partial charge is 0.227 e. The van der Waals surface area contributed by atoms with Crippen LogP contribution in [0.3, 0.4) is 0 Å². The first-order valence-corrected chi connectivity index (χ1v) is 7.41. The minimum Gasteiger partial charge on any atom is -0.335 e. The van der Waals surface area contributed by atoms with Crippen molar-refractivity contribution in [1.29, 1.82) is 0 Å². The van der Waals surface area contributed by atoms with E-state index >= 15 is 0 Å². The number of carbonyl (C=O) groups is 1. The van der Waals surface area contributed by atoms with Gasteiger partial charge in [0.1, 0.15) is 11.6 Å². The van der Waals surface area contributed by atoms with Crippen LogP contribution >= 0.6 is 0 Å². The number of rotatable bonds is 5. The topological polar surface area (TPSA) is 20.3 Å². The van der Waals surface area contributed by atoms with Crippen molar-refractivity contribution in [3.05, 3.63) is 71.3 Å². The summed E-state index contributed by atoms with van der Waals surface area (Å²) < 4.78 is 27.5. The van der Waals surface area contributed by atoms with Crippen LogP contribution in [0.1, 0.15) is 24.0 Å². The van der Waals surface area contributed by atoms with E-state index in [-0.39, 0.29) is 36.5 Å². The molecule has 1 aliphatic carbocycles. The van der Waals surface area contributed by atoms with E-state index in [4.69, 9.17) is 0 Å². The molecule has 2 aromatic rings. The zero-order valence-corrected chi connectivity index (χ0v) is 12.1. The highest BCUT2D eigenvalue weighted by Crippen LogP contribution is 2.29. The molecule has 0 heterocycles. The van der Waals surface area contributed by atoms with Crippen LogP contribution in [0.4, 0.5) is 8.78 Å². The van der Waals surface area contributed by atoms with Gasteiger partial charge in [0.05, 0.1) is 6.42 Å². The van der Waals surface area contributed by atoms with Crippen molar-refractivity contribution in [3.63, 3.8) is 0 Å². The Balaban J connectivity index is 1.75. The van der Waals surface area contributed by atoms with Crippen LogP contribution in [0.25, 0.3) is 0 Å². The minimum absolute atomic E-state index is 0.0115. The number of amides is 1. The van der Waals surface area contributed by atoms with Gasteiger partial charge in [-0.25, -0.2) is 8.78 Å². The summed E-state index contributed by atoms with van der Waals surface area (Å²) in [6, 6.07) is 12.9. The molecule has 1 aliphatic rings. The van der Waals surface area contributed by atoms with Crippen molar-refractivity contribution in [2.75, 3.05) is 0 Å². The molecule has 114 valence electrons. The summed E-state index contributed by atoms with van der Waals surface area (Å²) >= 11 is 0. The van der Waals surface area contributed by atoms with E-state index in [1.165, 1.54) is 12.1 Å². The van der Waals surface area contributed by atoms with E-state index in [1.54, 1.807) is 41.3 Å². The molecule has 0 unspecified atom stereocenters. The SMILES string of the molecule is O=C(Cc1ccccc1F)N(Cc1ccccc1F)C1CC1. The zero-order valence-electron chi connectivity index (χ0n) is 12.1. The molecule has 3 rings (SSSR count). The van der Waals surface area contributed by atoms with Crippen molar-refractivity contribution in [2.24, 2.45) is 0 Å². The van der Waals surface area contributed by atoms with Crippen LogP contribution in [-0.2, 0) is 17.8 Å². The fraction of sp³-hybridized carbons (Fsp3) is 0.278. The third-order valence-corrected chi connectivity index (χ3v) is 3.91. The molecule has 0 saturated heterocycles. The van der Waals surface area contributed by atoms with Gasteiger partial charge in [-0.2, -0.15) is 0 Å². The molecule has 1 saturated carbocycles. The predicted molar refractivity (Wildman–Crippen MR) is 80.1 cm³/mol. The molecular weight excluding hydrogens is 284 g/mol. The van der Waals surface area contributed by atoms with Gasteiger partial charge in [0, 0.05) is 18.2 Å². The second kappa shape index (κ2) is 6.26. The molecule has 0 N–H and O–H groups in total. The average Bonchev–Trinajstić information content (AvgIpc) is 3.33. The van der Waals surface area contributed by atoms with Gasteiger partial charge >= 0.3 is 0 Å². The van der Waals surface area contributed by atoms with Crippen LogP contribution in [0, 0.1) is 11.6 Å². The first-order valence-electron chi connectivity index (χ1n) is 7.41. The summed E-state index contributed by atoms with van der Waals surface area (Å²) in [7, 11) is 0. The second-order valence-electron chi connectivity index (χ2n) is 5.61. The van der Waals surface area contributed by atoms with E-state index in [0.717, 1.165) is 12.8 Å². The zero-order chi connectivity index (χ0) is 15.5. The molecule has 22 heavy (non-hydrogen) atoms. The number of hydrogen-bond acceptors (Lipinski definition) is 1. The standard InChI is InChI=1S/C18H17F2NO/c19-16-7-3-1-5-13(16)11-18(22)21(15-9-10-15)12-14-6-2-4-8-17(14)20/h1-8,15H,9-12H2. The van der Waals surface area contributed by atoms with E-state index in [2.05, 4.69) is 0 Å². The van der Waals surface area contributed by atoms with Crippen molar-refractivity contribution in [2.45, 2.75) is 31.8 Å². The lowest BCUT2D eigenvalue weighted by molar-refractivity contribution is -0.131. The molecule has 1 amide bonds. The van der Waals surface area contributed by atoms with E-state index in [0.29, 0.717) is 11.1 Å². The monoisotopic (exact) mass is 301 g/mol. The van der Waals surface area contributed by atoms with E-state index in [1.807, 2.05) is 0 Å². The average molecular weight is 301 g/mol. The third-order valence-electron chi connectivity index (χ3n) is 3.91. The highest BCUT2D eigenvalue weighted by atomic mass is 19.1. The molecule has 2 aromatic carbocycles. The molecule has 0 bridgehead atoms. The fourth-order valence-electron chi connectivity index (χ4n) is 2.52. The second-order valence-corrected chi connectivity index (χ2v) is 5.61. The van der Waals surface area contributed by atoms with Gasteiger partial charge in [-0.1, -0.05) is 36.4 Å². The van der Waals surface area contributed by atoms with Gasteiger partial charge in [0.15, 0.2) is 0 Å². The van der Waals surface area contributed by atoms with Crippen LogP contribution < -0.4 is 0 Å². The molecular formula is C18H17F2NO. The summed E-state index contributed by atoms with van der Waals surface area (Å²) in [5, 5.41) is 0. The van der Waals surface area contributed by atoms with Crippen LogP contribution in [0.15, 0.2) is 48.5 Å². The maximum Gasteiger partial charge on any atom is 0.227 e. The Morgan fingerprint density at radius 2 is 1.50 bits per heavy atom. The first-order chi connectivity index (χ1) is 10.6. The van der Waals surface area contributed by atoms with Crippen molar-refractivity contribution >= 4 is 5.91 Å². The number of carbonyl (C=O) groups excluding carboxylic acids is 1. The Kier molecular flexibility index (Phi) is 4.18. The van der Waals surface area contributed by atoms with Gasteiger partial charge in [-0.15, -0.1) is 0 Å². The molecule has 4 heteroatoms. The maximum absolute atomic E-state index is 13.8.